The number of carboxylic acid groups (broad SMARTS) is 1. The number of hydrogen-bond donors (Lipinski definition) is 1. The molecular formula is C15H15ClN2O3. The van der Waals surface area contributed by atoms with E-state index in [1.54, 1.807) is 29.1 Å². The third-order valence-electron chi connectivity index (χ3n) is 2.94. The Morgan fingerprint density at radius 3 is 2.95 bits per heavy atom. The van der Waals surface area contributed by atoms with Gasteiger partial charge in [0.25, 0.3) is 0 Å². The number of aryl methyl sites for hydroxylation is 1. The van der Waals surface area contributed by atoms with Crippen molar-refractivity contribution in [1.82, 2.24) is 9.78 Å². The maximum absolute atomic E-state index is 10.6. The van der Waals surface area contributed by atoms with Crippen molar-refractivity contribution < 1.29 is 14.6 Å². The third-order valence-corrected chi connectivity index (χ3v) is 3.27. The molecule has 0 fully saturated rings. The highest BCUT2D eigenvalue weighted by molar-refractivity contribution is 6.32. The Bertz CT molecular complexity index is 665. The van der Waals surface area contributed by atoms with Gasteiger partial charge in [-0.3, -0.25) is 4.68 Å². The summed E-state index contributed by atoms with van der Waals surface area (Å²) in [6, 6.07) is 7.14. The minimum absolute atomic E-state index is 0.450. The number of rotatable bonds is 6. The SMILES string of the molecule is Cn1nccc1CCOc1cccc(Cl)c1/C=C/C(=O)O. The smallest absolute Gasteiger partial charge is 0.328 e. The van der Waals surface area contributed by atoms with Crippen LogP contribution in [0.15, 0.2) is 36.5 Å². The predicted molar refractivity (Wildman–Crippen MR) is 80.5 cm³/mol. The van der Waals surface area contributed by atoms with E-state index in [0.717, 1.165) is 11.8 Å². The first-order valence-electron chi connectivity index (χ1n) is 6.37. The second-order valence-electron chi connectivity index (χ2n) is 4.37. The number of carbonyl (C=O) groups is 1. The second kappa shape index (κ2) is 6.95. The highest BCUT2D eigenvalue weighted by atomic mass is 35.5. The summed E-state index contributed by atoms with van der Waals surface area (Å²) in [7, 11) is 1.87. The molecule has 0 aliphatic carbocycles. The Hall–Kier alpha value is -2.27. The monoisotopic (exact) mass is 306 g/mol. The summed E-state index contributed by atoms with van der Waals surface area (Å²) in [6.07, 6.45) is 4.90. The molecule has 5 nitrogen and oxygen atoms in total. The normalized spacial score (nSPS) is 11.0. The number of ether oxygens (including phenoxy) is 1. The molecule has 0 saturated carbocycles. The van der Waals surface area contributed by atoms with Crippen molar-refractivity contribution in [2.24, 2.45) is 7.05 Å². The van der Waals surface area contributed by atoms with E-state index in [-0.39, 0.29) is 0 Å². The van der Waals surface area contributed by atoms with Crippen LogP contribution in [0.5, 0.6) is 5.75 Å². The van der Waals surface area contributed by atoms with E-state index >= 15 is 0 Å². The van der Waals surface area contributed by atoms with Gasteiger partial charge in [-0.1, -0.05) is 17.7 Å². The molecule has 0 aliphatic heterocycles. The van der Waals surface area contributed by atoms with Gasteiger partial charge < -0.3 is 9.84 Å². The lowest BCUT2D eigenvalue weighted by molar-refractivity contribution is -0.131. The first kappa shape index (κ1) is 15.1. The highest BCUT2D eigenvalue weighted by Crippen LogP contribution is 2.28. The Kier molecular flexibility index (Phi) is 5.00. The van der Waals surface area contributed by atoms with Crippen LogP contribution in [-0.2, 0) is 18.3 Å². The number of benzene rings is 1. The number of carboxylic acids is 1. The van der Waals surface area contributed by atoms with Crippen LogP contribution < -0.4 is 4.74 Å². The van der Waals surface area contributed by atoms with Crippen LogP contribution in [0.1, 0.15) is 11.3 Å². The Balaban J connectivity index is 2.07. The third kappa shape index (κ3) is 4.10. The quantitative estimate of drug-likeness (QED) is 0.834. The first-order valence-corrected chi connectivity index (χ1v) is 6.75. The summed E-state index contributed by atoms with van der Waals surface area (Å²) in [6.45, 7) is 0.452. The van der Waals surface area contributed by atoms with Gasteiger partial charge >= 0.3 is 5.97 Å². The van der Waals surface area contributed by atoms with Gasteiger partial charge in [0.1, 0.15) is 5.75 Å². The minimum atomic E-state index is -1.03. The number of aliphatic carboxylic acids is 1. The second-order valence-corrected chi connectivity index (χ2v) is 4.78. The molecule has 0 bridgehead atoms. The van der Waals surface area contributed by atoms with Crippen molar-refractivity contribution in [2.45, 2.75) is 6.42 Å². The summed E-state index contributed by atoms with van der Waals surface area (Å²) in [4.78, 5) is 10.6. The summed E-state index contributed by atoms with van der Waals surface area (Å²) in [5, 5.41) is 13.2. The summed E-state index contributed by atoms with van der Waals surface area (Å²) in [5.41, 5.74) is 1.62. The van der Waals surface area contributed by atoms with Crippen LogP contribution in [-0.4, -0.2) is 27.5 Å². The van der Waals surface area contributed by atoms with Gasteiger partial charge in [-0.05, 0) is 24.3 Å². The number of nitrogens with zero attached hydrogens (tertiary/aromatic N) is 2. The van der Waals surface area contributed by atoms with E-state index in [1.165, 1.54) is 6.08 Å². The molecule has 0 saturated heterocycles. The lowest BCUT2D eigenvalue weighted by Crippen LogP contribution is -2.06. The average Bonchev–Trinajstić information content (AvgIpc) is 2.83. The Morgan fingerprint density at radius 1 is 1.48 bits per heavy atom. The molecule has 0 atom stereocenters. The molecule has 0 radical (unpaired) electrons. The van der Waals surface area contributed by atoms with Crippen molar-refractivity contribution in [2.75, 3.05) is 6.61 Å². The topological polar surface area (TPSA) is 64.4 Å². The number of aromatic nitrogens is 2. The van der Waals surface area contributed by atoms with Gasteiger partial charge in [0.15, 0.2) is 0 Å². The fourth-order valence-corrected chi connectivity index (χ4v) is 2.10. The Morgan fingerprint density at radius 2 is 2.29 bits per heavy atom. The molecule has 2 rings (SSSR count). The molecule has 6 heteroatoms. The maximum atomic E-state index is 10.6. The molecule has 110 valence electrons. The molecule has 0 unspecified atom stereocenters. The van der Waals surface area contributed by atoms with Crippen molar-refractivity contribution in [3.63, 3.8) is 0 Å². The minimum Gasteiger partial charge on any atom is -0.493 e. The molecule has 0 amide bonds. The van der Waals surface area contributed by atoms with Crippen LogP contribution in [0.25, 0.3) is 6.08 Å². The molecule has 1 heterocycles. The lowest BCUT2D eigenvalue weighted by Gasteiger charge is -2.10. The summed E-state index contributed by atoms with van der Waals surface area (Å²) < 4.78 is 7.49. The zero-order valence-corrected chi connectivity index (χ0v) is 12.2. The van der Waals surface area contributed by atoms with Crippen LogP contribution in [0.2, 0.25) is 5.02 Å². The van der Waals surface area contributed by atoms with E-state index in [4.69, 9.17) is 21.4 Å². The summed E-state index contributed by atoms with van der Waals surface area (Å²) in [5.74, 6) is -0.474. The average molecular weight is 307 g/mol. The standard InChI is InChI=1S/C15H15ClN2O3/c1-18-11(7-9-17-18)8-10-21-14-4-2-3-13(16)12(14)5-6-15(19)20/h2-7,9H,8,10H2,1H3,(H,19,20)/b6-5+. The van der Waals surface area contributed by atoms with Crippen LogP contribution >= 0.6 is 11.6 Å². The Labute approximate surface area is 127 Å². The van der Waals surface area contributed by atoms with Crippen molar-refractivity contribution in [1.29, 1.82) is 0 Å². The fourth-order valence-electron chi connectivity index (χ4n) is 1.87. The lowest BCUT2D eigenvalue weighted by atomic mass is 10.2. The van der Waals surface area contributed by atoms with Crippen LogP contribution in [0.3, 0.4) is 0 Å². The molecule has 0 spiro atoms. The van der Waals surface area contributed by atoms with E-state index in [0.29, 0.717) is 29.4 Å². The van der Waals surface area contributed by atoms with E-state index < -0.39 is 5.97 Å². The first-order chi connectivity index (χ1) is 10.1. The highest BCUT2D eigenvalue weighted by Gasteiger charge is 2.07. The number of halogens is 1. The van der Waals surface area contributed by atoms with Gasteiger partial charge in [0.2, 0.25) is 0 Å². The molecule has 0 aliphatic rings. The fraction of sp³-hybridized carbons (Fsp3) is 0.200. The molecule has 1 N–H and O–H groups in total. The van der Waals surface area contributed by atoms with E-state index in [1.807, 2.05) is 13.1 Å². The predicted octanol–water partition coefficient (Wildman–Crippen LogP) is 2.79. The van der Waals surface area contributed by atoms with Gasteiger partial charge in [-0.15, -0.1) is 0 Å². The molecule has 21 heavy (non-hydrogen) atoms. The molecule has 1 aromatic carbocycles. The van der Waals surface area contributed by atoms with E-state index in [2.05, 4.69) is 5.10 Å². The zero-order valence-electron chi connectivity index (χ0n) is 11.5. The van der Waals surface area contributed by atoms with Crippen molar-refractivity contribution >= 4 is 23.6 Å². The number of hydrogen-bond acceptors (Lipinski definition) is 3. The van der Waals surface area contributed by atoms with E-state index in [9.17, 15) is 4.79 Å². The van der Waals surface area contributed by atoms with Gasteiger partial charge in [-0.25, -0.2) is 4.79 Å². The largest absolute Gasteiger partial charge is 0.493 e. The molecule has 1 aromatic heterocycles. The van der Waals surface area contributed by atoms with Gasteiger partial charge in [0.05, 0.1) is 11.6 Å². The van der Waals surface area contributed by atoms with Gasteiger partial charge in [-0.2, -0.15) is 5.10 Å². The maximum Gasteiger partial charge on any atom is 0.328 e. The molecule has 2 aromatic rings. The molecular weight excluding hydrogens is 292 g/mol. The van der Waals surface area contributed by atoms with Crippen molar-refractivity contribution in [3.05, 3.63) is 52.8 Å². The van der Waals surface area contributed by atoms with Gasteiger partial charge in [0, 0.05) is 37.0 Å². The van der Waals surface area contributed by atoms with Crippen molar-refractivity contribution in [3.8, 4) is 5.75 Å². The van der Waals surface area contributed by atoms with Crippen LogP contribution in [0, 0.1) is 0 Å². The summed E-state index contributed by atoms with van der Waals surface area (Å²) >= 11 is 6.08. The zero-order chi connectivity index (χ0) is 15.2. The van der Waals surface area contributed by atoms with Crippen LogP contribution in [0.4, 0.5) is 0 Å².